The molecule has 0 atom stereocenters. The first-order valence-corrected chi connectivity index (χ1v) is 7.35. The second-order valence-corrected chi connectivity index (χ2v) is 5.95. The highest BCUT2D eigenvalue weighted by molar-refractivity contribution is 6.27. The Labute approximate surface area is 129 Å². The molecule has 1 saturated carbocycles. The Hall–Kier alpha value is -2.30. The topological polar surface area (TPSA) is 55.8 Å². The van der Waals surface area contributed by atoms with Crippen LogP contribution in [0.1, 0.15) is 28.8 Å². The first-order chi connectivity index (χ1) is 10.5. The monoisotopic (exact) mass is 301 g/mol. The van der Waals surface area contributed by atoms with Crippen LogP contribution >= 0.6 is 0 Å². The van der Waals surface area contributed by atoms with Crippen molar-refractivity contribution in [1.82, 2.24) is 4.90 Å². The Kier molecular flexibility index (Phi) is 3.64. The highest BCUT2D eigenvalue weighted by atomic mass is 16.7. The molecule has 0 unspecified atom stereocenters. The van der Waals surface area contributed by atoms with Crippen LogP contribution in [0.3, 0.4) is 0 Å². The third-order valence-electron chi connectivity index (χ3n) is 3.88. The molecule has 0 radical (unpaired) electrons. The molecule has 0 N–H and O–H groups in total. The van der Waals surface area contributed by atoms with E-state index in [9.17, 15) is 9.59 Å². The van der Waals surface area contributed by atoms with E-state index in [1.54, 1.807) is 37.3 Å². The minimum Gasteiger partial charge on any atom is -0.454 e. The maximum Gasteiger partial charge on any atom is 0.231 e. The summed E-state index contributed by atoms with van der Waals surface area (Å²) in [4.78, 5) is 27.0. The van der Waals surface area contributed by atoms with Gasteiger partial charge in [-0.05, 0) is 31.9 Å². The fourth-order valence-corrected chi connectivity index (χ4v) is 2.56. The number of fused-ring (bicyclic) bond motifs is 1. The van der Waals surface area contributed by atoms with Crippen LogP contribution in [0, 0.1) is 12.8 Å². The SMILES string of the molecule is Cc1c(C(=O)C(=CN(C)C)C(=O)C2CC2)ccc2c1OCO2. The molecule has 0 spiro atoms. The number of carbonyl (C=O) groups is 2. The zero-order chi connectivity index (χ0) is 15.9. The number of ketones is 2. The molecule has 5 nitrogen and oxygen atoms in total. The average Bonchev–Trinajstić information content (AvgIpc) is 3.21. The molecular weight excluding hydrogens is 282 g/mol. The van der Waals surface area contributed by atoms with Gasteiger partial charge >= 0.3 is 0 Å². The van der Waals surface area contributed by atoms with E-state index in [0.29, 0.717) is 22.6 Å². The van der Waals surface area contributed by atoms with Gasteiger partial charge in [0.15, 0.2) is 23.1 Å². The van der Waals surface area contributed by atoms with E-state index in [2.05, 4.69) is 0 Å². The molecule has 0 saturated heterocycles. The zero-order valence-corrected chi connectivity index (χ0v) is 13.0. The normalized spacial score (nSPS) is 16.6. The van der Waals surface area contributed by atoms with Crippen molar-refractivity contribution in [3.63, 3.8) is 0 Å². The number of carbonyl (C=O) groups excluding carboxylic acids is 2. The molecule has 1 aromatic carbocycles. The van der Waals surface area contributed by atoms with Crippen molar-refractivity contribution >= 4 is 11.6 Å². The van der Waals surface area contributed by atoms with E-state index in [1.807, 2.05) is 6.92 Å². The Morgan fingerprint density at radius 3 is 2.59 bits per heavy atom. The van der Waals surface area contributed by atoms with Crippen LogP contribution in [-0.2, 0) is 4.79 Å². The van der Waals surface area contributed by atoms with Crippen molar-refractivity contribution in [2.45, 2.75) is 19.8 Å². The van der Waals surface area contributed by atoms with Crippen molar-refractivity contribution in [3.05, 3.63) is 35.0 Å². The summed E-state index contributed by atoms with van der Waals surface area (Å²) < 4.78 is 10.7. The quantitative estimate of drug-likeness (QED) is 0.361. The van der Waals surface area contributed by atoms with Crippen LogP contribution in [0.4, 0.5) is 0 Å². The van der Waals surface area contributed by atoms with E-state index in [-0.39, 0.29) is 29.9 Å². The highest BCUT2D eigenvalue weighted by Gasteiger charge is 2.35. The van der Waals surface area contributed by atoms with Crippen LogP contribution in [0.2, 0.25) is 0 Å². The molecular formula is C17H19NO4. The number of benzene rings is 1. The molecule has 116 valence electrons. The Morgan fingerprint density at radius 1 is 1.23 bits per heavy atom. The van der Waals surface area contributed by atoms with Gasteiger partial charge < -0.3 is 14.4 Å². The number of hydrogen-bond donors (Lipinski definition) is 0. The number of allylic oxidation sites excluding steroid dienone is 1. The largest absolute Gasteiger partial charge is 0.454 e. The van der Waals surface area contributed by atoms with Crippen LogP contribution < -0.4 is 9.47 Å². The van der Waals surface area contributed by atoms with Gasteiger partial charge in [0.2, 0.25) is 6.79 Å². The van der Waals surface area contributed by atoms with E-state index in [1.165, 1.54) is 0 Å². The molecule has 0 bridgehead atoms. The predicted molar refractivity (Wildman–Crippen MR) is 81.1 cm³/mol. The third kappa shape index (κ3) is 2.58. The lowest BCUT2D eigenvalue weighted by Crippen LogP contribution is -2.19. The summed E-state index contributed by atoms with van der Waals surface area (Å²) in [6, 6.07) is 3.42. The number of hydrogen-bond acceptors (Lipinski definition) is 5. The molecule has 0 amide bonds. The maximum absolute atomic E-state index is 12.9. The van der Waals surface area contributed by atoms with Crippen molar-refractivity contribution < 1.29 is 19.1 Å². The molecule has 1 aliphatic heterocycles. The molecule has 0 aromatic heterocycles. The standard InChI is InChI=1S/C17H19NO4/c1-10-12(6-7-14-17(10)22-9-21-14)16(20)13(8-18(2)3)15(19)11-4-5-11/h6-8,11H,4-5,9H2,1-3H3. The fraction of sp³-hybridized carbons (Fsp3) is 0.412. The van der Waals surface area contributed by atoms with Crippen LogP contribution in [-0.4, -0.2) is 37.4 Å². The van der Waals surface area contributed by atoms with Crippen molar-refractivity contribution in [3.8, 4) is 11.5 Å². The van der Waals surface area contributed by atoms with Gasteiger partial charge in [0.05, 0.1) is 5.57 Å². The summed E-state index contributed by atoms with van der Waals surface area (Å²) in [7, 11) is 3.61. The van der Waals surface area contributed by atoms with Gasteiger partial charge in [-0.15, -0.1) is 0 Å². The molecule has 5 heteroatoms. The van der Waals surface area contributed by atoms with Gasteiger partial charge in [-0.25, -0.2) is 0 Å². The summed E-state index contributed by atoms with van der Waals surface area (Å²) in [6.45, 7) is 1.98. The summed E-state index contributed by atoms with van der Waals surface area (Å²) in [5, 5.41) is 0. The van der Waals surface area contributed by atoms with Crippen molar-refractivity contribution in [2.75, 3.05) is 20.9 Å². The number of Topliss-reactive ketones (excluding diaryl/α,β-unsaturated/α-hetero) is 2. The molecule has 3 rings (SSSR count). The Balaban J connectivity index is 1.99. The molecule has 1 aliphatic carbocycles. The number of nitrogens with zero attached hydrogens (tertiary/aromatic N) is 1. The van der Waals surface area contributed by atoms with E-state index >= 15 is 0 Å². The molecule has 1 heterocycles. The average molecular weight is 301 g/mol. The zero-order valence-electron chi connectivity index (χ0n) is 13.0. The van der Waals surface area contributed by atoms with Gasteiger partial charge in [0.25, 0.3) is 0 Å². The molecule has 1 fully saturated rings. The minimum atomic E-state index is -0.249. The van der Waals surface area contributed by atoms with Gasteiger partial charge in [0, 0.05) is 37.3 Å². The van der Waals surface area contributed by atoms with Gasteiger partial charge in [-0.1, -0.05) is 0 Å². The van der Waals surface area contributed by atoms with Crippen LogP contribution in [0.15, 0.2) is 23.9 Å². The van der Waals surface area contributed by atoms with Crippen LogP contribution in [0.25, 0.3) is 0 Å². The smallest absolute Gasteiger partial charge is 0.231 e. The summed E-state index contributed by atoms with van der Waals surface area (Å²) in [5.41, 5.74) is 1.45. The second kappa shape index (κ2) is 5.48. The van der Waals surface area contributed by atoms with E-state index in [4.69, 9.17) is 9.47 Å². The van der Waals surface area contributed by atoms with Gasteiger partial charge in [-0.3, -0.25) is 9.59 Å². The number of rotatable bonds is 5. The molecule has 1 aromatic rings. The second-order valence-electron chi connectivity index (χ2n) is 5.95. The Morgan fingerprint density at radius 2 is 1.95 bits per heavy atom. The minimum absolute atomic E-state index is 0.00414. The fourth-order valence-electron chi connectivity index (χ4n) is 2.56. The lowest BCUT2D eigenvalue weighted by Gasteiger charge is -2.12. The summed E-state index contributed by atoms with van der Waals surface area (Å²) in [6.07, 6.45) is 3.36. The van der Waals surface area contributed by atoms with E-state index < -0.39 is 0 Å². The summed E-state index contributed by atoms with van der Waals surface area (Å²) in [5.74, 6) is 0.927. The van der Waals surface area contributed by atoms with E-state index in [0.717, 1.165) is 12.8 Å². The first-order valence-electron chi connectivity index (χ1n) is 7.35. The summed E-state index contributed by atoms with van der Waals surface area (Å²) >= 11 is 0. The first kappa shape index (κ1) is 14.6. The third-order valence-corrected chi connectivity index (χ3v) is 3.88. The maximum atomic E-state index is 12.9. The Bertz CT molecular complexity index is 671. The molecule has 2 aliphatic rings. The van der Waals surface area contributed by atoms with Crippen molar-refractivity contribution in [1.29, 1.82) is 0 Å². The predicted octanol–water partition coefficient (Wildman–Crippen LogP) is 2.33. The molecule has 22 heavy (non-hydrogen) atoms. The van der Waals surface area contributed by atoms with Crippen molar-refractivity contribution in [2.24, 2.45) is 5.92 Å². The van der Waals surface area contributed by atoms with Crippen LogP contribution in [0.5, 0.6) is 11.5 Å². The highest BCUT2D eigenvalue weighted by Crippen LogP contribution is 2.38. The lowest BCUT2D eigenvalue weighted by molar-refractivity contribution is -0.116. The number of ether oxygens (including phenoxy) is 2. The van der Waals surface area contributed by atoms with Gasteiger partial charge in [0.1, 0.15) is 0 Å². The lowest BCUT2D eigenvalue weighted by atomic mass is 9.94. The van der Waals surface area contributed by atoms with Gasteiger partial charge in [-0.2, -0.15) is 0 Å².